The number of aromatic nitrogens is 2. The molecule has 2 aliphatic rings. The van der Waals surface area contributed by atoms with Crippen LogP contribution in [0.5, 0.6) is 0 Å². The molecule has 36 heavy (non-hydrogen) atoms. The van der Waals surface area contributed by atoms with Crippen LogP contribution in [0.25, 0.3) is 0 Å². The summed E-state index contributed by atoms with van der Waals surface area (Å²) < 4.78 is 39.9. The van der Waals surface area contributed by atoms with E-state index in [4.69, 9.17) is 0 Å². The molecule has 0 bridgehead atoms. The van der Waals surface area contributed by atoms with Gasteiger partial charge in [0.25, 0.3) is 5.91 Å². The maximum atomic E-state index is 13.3. The van der Waals surface area contributed by atoms with E-state index in [0.29, 0.717) is 31.1 Å². The zero-order valence-corrected chi connectivity index (χ0v) is 20.3. The molecule has 1 saturated carbocycles. The lowest BCUT2D eigenvalue weighted by Crippen LogP contribution is -2.49. The Morgan fingerprint density at radius 2 is 1.67 bits per heavy atom. The van der Waals surface area contributed by atoms with Crippen molar-refractivity contribution >= 4 is 23.5 Å². The number of benzene rings is 1. The Morgan fingerprint density at radius 1 is 0.944 bits per heavy atom. The Morgan fingerprint density at radius 3 is 2.33 bits per heavy atom. The van der Waals surface area contributed by atoms with Crippen LogP contribution in [0.3, 0.4) is 0 Å². The number of amides is 2. The lowest BCUT2D eigenvalue weighted by Gasteiger charge is -2.35. The minimum atomic E-state index is -4.59. The quantitative estimate of drug-likeness (QED) is 0.566. The van der Waals surface area contributed by atoms with Gasteiger partial charge in [0.05, 0.1) is 11.1 Å². The van der Waals surface area contributed by atoms with E-state index in [1.807, 2.05) is 4.90 Å². The number of carbonyl (C=O) groups excluding carboxylic acids is 2. The van der Waals surface area contributed by atoms with Gasteiger partial charge in [-0.3, -0.25) is 9.59 Å². The number of nitrogens with one attached hydrogen (secondary N) is 1. The summed E-state index contributed by atoms with van der Waals surface area (Å²) in [6.07, 6.45) is 4.33. The van der Waals surface area contributed by atoms with Gasteiger partial charge in [0.15, 0.2) is 11.6 Å². The van der Waals surface area contributed by atoms with Crippen molar-refractivity contribution in [1.82, 2.24) is 15.1 Å². The van der Waals surface area contributed by atoms with E-state index in [9.17, 15) is 22.8 Å². The molecule has 2 heterocycles. The molecule has 0 spiro atoms. The van der Waals surface area contributed by atoms with E-state index >= 15 is 0 Å². The summed E-state index contributed by atoms with van der Waals surface area (Å²) in [7, 11) is 0. The SMILES string of the molecule is O=C(CCCC1CCCCC1)Nc1ccc(N2CCN(C(=O)c3ccccc3C(F)(F)F)CC2)nn1. The van der Waals surface area contributed by atoms with Crippen LogP contribution < -0.4 is 10.2 Å². The molecule has 2 aromatic rings. The van der Waals surface area contributed by atoms with Gasteiger partial charge < -0.3 is 15.1 Å². The Labute approximate surface area is 209 Å². The van der Waals surface area contributed by atoms with Gasteiger partial charge in [-0.15, -0.1) is 10.2 Å². The molecule has 1 aliphatic heterocycles. The fourth-order valence-corrected chi connectivity index (χ4v) is 5.02. The van der Waals surface area contributed by atoms with Gasteiger partial charge in [-0.1, -0.05) is 44.2 Å². The van der Waals surface area contributed by atoms with Crippen LogP contribution in [-0.4, -0.2) is 53.1 Å². The molecular formula is C26H32F3N5O2. The molecule has 4 rings (SSSR count). The van der Waals surface area contributed by atoms with Crippen molar-refractivity contribution in [3.63, 3.8) is 0 Å². The second kappa shape index (κ2) is 11.7. The molecule has 2 amide bonds. The molecule has 0 atom stereocenters. The summed E-state index contributed by atoms with van der Waals surface area (Å²) in [5, 5.41) is 11.1. The standard InChI is InChI=1S/C26H32F3N5O2/c27-26(28,29)21-11-5-4-10-20(21)25(36)34-17-15-33(16-18-34)23-14-13-22(31-32-23)30-24(35)12-6-9-19-7-2-1-3-8-19/h4-5,10-11,13-14,19H,1-3,6-9,12,15-18H2,(H,30,31,35). The second-order valence-corrected chi connectivity index (χ2v) is 9.54. The molecule has 194 valence electrons. The van der Waals surface area contributed by atoms with Gasteiger partial charge >= 0.3 is 6.18 Å². The van der Waals surface area contributed by atoms with Crippen LogP contribution in [-0.2, 0) is 11.0 Å². The number of rotatable bonds is 7. The minimum absolute atomic E-state index is 0.0703. The lowest BCUT2D eigenvalue weighted by molar-refractivity contribution is -0.138. The Bertz CT molecular complexity index is 1030. The Hall–Kier alpha value is -3.17. The number of piperazine rings is 1. The van der Waals surface area contributed by atoms with Gasteiger partial charge in [-0.25, -0.2) is 0 Å². The number of hydrogen-bond acceptors (Lipinski definition) is 5. The summed E-state index contributed by atoms with van der Waals surface area (Å²) in [5.41, 5.74) is -1.26. The summed E-state index contributed by atoms with van der Waals surface area (Å²) in [6, 6.07) is 8.30. The van der Waals surface area contributed by atoms with Gasteiger partial charge in [-0.2, -0.15) is 13.2 Å². The highest BCUT2D eigenvalue weighted by molar-refractivity contribution is 5.96. The normalized spacial score (nSPS) is 17.2. The average molecular weight is 504 g/mol. The van der Waals surface area contributed by atoms with E-state index < -0.39 is 17.6 Å². The third kappa shape index (κ3) is 6.73. The van der Waals surface area contributed by atoms with E-state index in [1.54, 1.807) is 12.1 Å². The van der Waals surface area contributed by atoms with Crippen molar-refractivity contribution in [2.24, 2.45) is 5.92 Å². The molecule has 10 heteroatoms. The Kier molecular flexibility index (Phi) is 8.43. The first kappa shape index (κ1) is 25.9. The van der Waals surface area contributed by atoms with Crippen molar-refractivity contribution in [1.29, 1.82) is 0 Å². The summed E-state index contributed by atoms with van der Waals surface area (Å²) >= 11 is 0. The van der Waals surface area contributed by atoms with E-state index in [-0.39, 0.29) is 24.6 Å². The lowest BCUT2D eigenvalue weighted by atomic mass is 9.86. The molecule has 0 unspecified atom stereocenters. The highest BCUT2D eigenvalue weighted by atomic mass is 19.4. The fraction of sp³-hybridized carbons (Fsp3) is 0.538. The largest absolute Gasteiger partial charge is 0.417 e. The monoisotopic (exact) mass is 503 g/mol. The number of carbonyl (C=O) groups is 2. The summed E-state index contributed by atoms with van der Waals surface area (Å²) in [4.78, 5) is 28.4. The van der Waals surface area contributed by atoms with Crippen molar-refractivity contribution in [2.75, 3.05) is 36.4 Å². The topological polar surface area (TPSA) is 78.4 Å². The molecule has 0 radical (unpaired) electrons. The number of nitrogens with zero attached hydrogens (tertiary/aromatic N) is 4. The average Bonchev–Trinajstić information content (AvgIpc) is 2.89. The predicted molar refractivity (Wildman–Crippen MR) is 131 cm³/mol. The second-order valence-electron chi connectivity index (χ2n) is 9.54. The summed E-state index contributed by atoms with van der Waals surface area (Å²) in [6.45, 7) is 1.38. The molecule has 1 aliphatic carbocycles. The van der Waals surface area contributed by atoms with Crippen molar-refractivity contribution in [3.8, 4) is 0 Å². The molecule has 1 aromatic heterocycles. The third-order valence-corrected chi connectivity index (χ3v) is 7.01. The van der Waals surface area contributed by atoms with Gasteiger partial charge in [0.2, 0.25) is 5.91 Å². The van der Waals surface area contributed by atoms with E-state index in [0.717, 1.165) is 24.8 Å². The van der Waals surface area contributed by atoms with Crippen LogP contribution in [0.1, 0.15) is 67.3 Å². The molecule has 1 N–H and O–H groups in total. The number of halogens is 3. The minimum Gasteiger partial charge on any atom is -0.352 e. The fourth-order valence-electron chi connectivity index (χ4n) is 5.02. The van der Waals surface area contributed by atoms with Crippen LogP contribution >= 0.6 is 0 Å². The van der Waals surface area contributed by atoms with Crippen LogP contribution in [0.15, 0.2) is 36.4 Å². The molecule has 1 aromatic carbocycles. The zero-order chi connectivity index (χ0) is 25.5. The highest BCUT2D eigenvalue weighted by Crippen LogP contribution is 2.32. The van der Waals surface area contributed by atoms with Crippen LogP contribution in [0.2, 0.25) is 0 Å². The molecular weight excluding hydrogens is 471 g/mol. The van der Waals surface area contributed by atoms with Crippen molar-refractivity contribution in [3.05, 3.63) is 47.5 Å². The van der Waals surface area contributed by atoms with Gasteiger partial charge in [0.1, 0.15) is 0 Å². The van der Waals surface area contributed by atoms with Gasteiger partial charge in [0, 0.05) is 32.6 Å². The molecule has 7 nitrogen and oxygen atoms in total. The number of hydrogen-bond donors (Lipinski definition) is 1. The third-order valence-electron chi connectivity index (χ3n) is 7.01. The molecule has 2 fully saturated rings. The smallest absolute Gasteiger partial charge is 0.352 e. The zero-order valence-electron chi connectivity index (χ0n) is 20.3. The number of alkyl halides is 3. The van der Waals surface area contributed by atoms with Crippen LogP contribution in [0, 0.1) is 5.92 Å². The van der Waals surface area contributed by atoms with Crippen molar-refractivity contribution in [2.45, 2.75) is 57.5 Å². The first-order chi connectivity index (χ1) is 17.3. The first-order valence-electron chi connectivity index (χ1n) is 12.7. The molecule has 1 saturated heterocycles. The van der Waals surface area contributed by atoms with E-state index in [2.05, 4.69) is 15.5 Å². The van der Waals surface area contributed by atoms with E-state index in [1.165, 1.54) is 55.2 Å². The Balaban J connectivity index is 1.24. The maximum absolute atomic E-state index is 13.3. The van der Waals surface area contributed by atoms with Crippen LogP contribution in [0.4, 0.5) is 24.8 Å². The number of anilines is 2. The van der Waals surface area contributed by atoms with Crippen molar-refractivity contribution < 1.29 is 22.8 Å². The highest BCUT2D eigenvalue weighted by Gasteiger charge is 2.36. The maximum Gasteiger partial charge on any atom is 0.417 e. The predicted octanol–water partition coefficient (Wildman–Crippen LogP) is 5.15. The van der Waals surface area contributed by atoms with Gasteiger partial charge in [-0.05, 0) is 43.0 Å². The summed E-state index contributed by atoms with van der Waals surface area (Å²) in [5.74, 6) is 1.03. The first-order valence-corrected chi connectivity index (χ1v) is 12.7.